The number of carboxylic acids is 1. The number of amides is 3. The Morgan fingerprint density at radius 1 is 1.20 bits per heavy atom. The van der Waals surface area contributed by atoms with Gasteiger partial charge in [-0.25, -0.2) is 9.59 Å². The topological polar surface area (TPSA) is 108 Å². The van der Waals surface area contributed by atoms with E-state index in [1.807, 2.05) is 6.07 Å². The van der Waals surface area contributed by atoms with Crippen molar-refractivity contribution >= 4 is 17.9 Å². The van der Waals surface area contributed by atoms with Gasteiger partial charge in [0.15, 0.2) is 0 Å². The largest absolute Gasteiger partial charge is 0.480 e. The van der Waals surface area contributed by atoms with Crippen molar-refractivity contribution in [1.82, 2.24) is 16.0 Å². The first-order chi connectivity index (χ1) is 9.52. The summed E-state index contributed by atoms with van der Waals surface area (Å²) < 4.78 is 0. The third-order valence-electron chi connectivity index (χ3n) is 2.57. The van der Waals surface area contributed by atoms with Crippen LogP contribution in [0.2, 0.25) is 0 Å². The minimum atomic E-state index is -1.14. The number of carbonyl (C=O) groups excluding carboxylic acids is 2. The van der Waals surface area contributed by atoms with Crippen LogP contribution in [0.25, 0.3) is 0 Å². The van der Waals surface area contributed by atoms with Crippen LogP contribution < -0.4 is 16.0 Å². The molecular weight excluding hydrogens is 262 g/mol. The average molecular weight is 279 g/mol. The van der Waals surface area contributed by atoms with Crippen LogP contribution in [0.1, 0.15) is 5.56 Å². The lowest BCUT2D eigenvalue weighted by Crippen LogP contribution is -2.49. The number of rotatable bonds is 6. The second-order valence-electron chi connectivity index (χ2n) is 4.08. The monoisotopic (exact) mass is 279 g/mol. The Hall–Kier alpha value is -2.57. The minimum absolute atomic E-state index is 0.170. The van der Waals surface area contributed by atoms with Crippen molar-refractivity contribution in [2.24, 2.45) is 0 Å². The summed E-state index contributed by atoms with van der Waals surface area (Å²) in [5.41, 5.74) is 0.798. The molecule has 0 bridgehead atoms. The summed E-state index contributed by atoms with van der Waals surface area (Å²) in [4.78, 5) is 33.6. The van der Waals surface area contributed by atoms with Crippen LogP contribution in [0.5, 0.6) is 0 Å². The molecule has 0 heterocycles. The molecule has 0 unspecified atom stereocenters. The molecule has 0 spiro atoms. The standard InChI is InChI=1S/C13H17N3O4/c1-14-11(17)8-15-13(20)16-10(12(18)19)7-9-5-3-2-4-6-9/h2-6,10H,7-8H2,1H3,(H,14,17)(H,18,19)(H2,15,16,20)/t10-/m1/s1. The highest BCUT2D eigenvalue weighted by molar-refractivity contribution is 5.86. The van der Waals surface area contributed by atoms with Crippen LogP contribution in [0.15, 0.2) is 30.3 Å². The third kappa shape index (κ3) is 5.38. The molecule has 7 nitrogen and oxygen atoms in total. The zero-order valence-electron chi connectivity index (χ0n) is 11.1. The number of likely N-dealkylation sites (N-methyl/N-ethyl adjacent to an activating group) is 1. The van der Waals surface area contributed by atoms with Gasteiger partial charge in [-0.3, -0.25) is 4.79 Å². The van der Waals surface area contributed by atoms with E-state index in [2.05, 4.69) is 16.0 Å². The van der Waals surface area contributed by atoms with Crippen molar-refractivity contribution in [1.29, 1.82) is 0 Å². The second-order valence-corrected chi connectivity index (χ2v) is 4.08. The van der Waals surface area contributed by atoms with Gasteiger partial charge in [-0.2, -0.15) is 0 Å². The van der Waals surface area contributed by atoms with E-state index in [9.17, 15) is 14.4 Å². The molecule has 4 N–H and O–H groups in total. The minimum Gasteiger partial charge on any atom is -0.480 e. The van der Waals surface area contributed by atoms with Crippen LogP contribution >= 0.6 is 0 Å². The smallest absolute Gasteiger partial charge is 0.326 e. The van der Waals surface area contributed by atoms with Gasteiger partial charge < -0.3 is 21.1 Å². The first-order valence-electron chi connectivity index (χ1n) is 6.04. The lowest BCUT2D eigenvalue weighted by atomic mass is 10.1. The molecule has 0 aliphatic rings. The molecule has 1 rings (SSSR count). The van der Waals surface area contributed by atoms with E-state index >= 15 is 0 Å². The normalized spacial score (nSPS) is 11.2. The molecule has 0 aliphatic carbocycles. The number of hydrogen-bond donors (Lipinski definition) is 4. The molecule has 1 aromatic carbocycles. The van der Waals surface area contributed by atoms with Gasteiger partial charge >= 0.3 is 12.0 Å². The summed E-state index contributed by atoms with van der Waals surface area (Å²) in [5, 5.41) is 16.0. The van der Waals surface area contributed by atoms with Crippen LogP contribution in [0.3, 0.4) is 0 Å². The maximum Gasteiger partial charge on any atom is 0.326 e. The van der Waals surface area contributed by atoms with Crippen LogP contribution in [0, 0.1) is 0 Å². The van der Waals surface area contributed by atoms with E-state index in [1.54, 1.807) is 24.3 Å². The first-order valence-corrected chi connectivity index (χ1v) is 6.04. The highest BCUT2D eigenvalue weighted by atomic mass is 16.4. The van der Waals surface area contributed by atoms with Gasteiger partial charge in [-0.05, 0) is 5.56 Å². The highest BCUT2D eigenvalue weighted by Gasteiger charge is 2.20. The van der Waals surface area contributed by atoms with E-state index in [-0.39, 0.29) is 18.9 Å². The summed E-state index contributed by atoms with van der Waals surface area (Å²) in [5.74, 6) is -1.50. The molecule has 1 aromatic rings. The maximum absolute atomic E-state index is 11.5. The lowest BCUT2D eigenvalue weighted by molar-refractivity contribution is -0.139. The lowest BCUT2D eigenvalue weighted by Gasteiger charge is -2.15. The van der Waals surface area contributed by atoms with Crippen LogP contribution in [-0.4, -0.2) is 42.6 Å². The highest BCUT2D eigenvalue weighted by Crippen LogP contribution is 2.03. The maximum atomic E-state index is 11.5. The molecule has 1 atom stereocenters. The van der Waals surface area contributed by atoms with E-state index in [1.165, 1.54) is 7.05 Å². The van der Waals surface area contributed by atoms with Crippen LogP contribution in [0.4, 0.5) is 4.79 Å². The summed E-state index contributed by atoms with van der Waals surface area (Å²) in [7, 11) is 1.44. The van der Waals surface area contributed by atoms with Crippen molar-refractivity contribution in [3.05, 3.63) is 35.9 Å². The Balaban J connectivity index is 2.53. The Kier molecular flexibility index (Phi) is 6.02. The molecule has 0 radical (unpaired) electrons. The van der Waals surface area contributed by atoms with Gasteiger partial charge in [-0.15, -0.1) is 0 Å². The first kappa shape index (κ1) is 15.5. The Labute approximate surface area is 116 Å². The molecular formula is C13H17N3O4. The molecule has 3 amide bonds. The Morgan fingerprint density at radius 2 is 1.85 bits per heavy atom. The van der Waals surface area contributed by atoms with Gasteiger partial charge in [0.1, 0.15) is 6.04 Å². The third-order valence-corrected chi connectivity index (χ3v) is 2.57. The SMILES string of the molecule is CNC(=O)CNC(=O)N[C@H](Cc1ccccc1)C(=O)O. The number of hydrogen-bond acceptors (Lipinski definition) is 3. The number of carboxylic acid groups (broad SMARTS) is 1. The molecule has 7 heteroatoms. The van der Waals surface area contributed by atoms with Gasteiger partial charge in [-0.1, -0.05) is 30.3 Å². The van der Waals surface area contributed by atoms with Crippen LogP contribution in [-0.2, 0) is 16.0 Å². The fourth-order valence-corrected chi connectivity index (χ4v) is 1.51. The zero-order valence-corrected chi connectivity index (χ0v) is 11.1. The van der Waals surface area contributed by atoms with Crippen molar-refractivity contribution in [2.75, 3.05) is 13.6 Å². The second kappa shape index (κ2) is 7.78. The average Bonchev–Trinajstić information content (AvgIpc) is 2.45. The summed E-state index contributed by atoms with van der Waals surface area (Å²) >= 11 is 0. The summed E-state index contributed by atoms with van der Waals surface area (Å²) in [6.07, 6.45) is 0.170. The summed E-state index contributed by atoms with van der Waals surface area (Å²) in [6, 6.07) is 7.21. The fourth-order valence-electron chi connectivity index (χ4n) is 1.51. The van der Waals surface area contributed by atoms with E-state index < -0.39 is 18.0 Å². The Morgan fingerprint density at radius 3 is 2.40 bits per heavy atom. The predicted octanol–water partition coefficient (Wildman–Crippen LogP) is -0.272. The van der Waals surface area contributed by atoms with E-state index in [4.69, 9.17) is 5.11 Å². The zero-order chi connectivity index (χ0) is 15.0. The number of nitrogens with one attached hydrogen (secondary N) is 3. The molecule has 0 saturated heterocycles. The molecule has 20 heavy (non-hydrogen) atoms. The molecule has 0 saturated carbocycles. The predicted molar refractivity (Wildman–Crippen MR) is 72.2 cm³/mol. The van der Waals surface area contributed by atoms with Crippen molar-refractivity contribution in [3.63, 3.8) is 0 Å². The number of urea groups is 1. The molecule has 0 aliphatic heterocycles. The number of benzene rings is 1. The summed E-state index contributed by atoms with van der Waals surface area (Å²) in [6.45, 7) is -0.208. The van der Waals surface area contributed by atoms with Crippen molar-refractivity contribution < 1.29 is 19.5 Å². The molecule has 108 valence electrons. The van der Waals surface area contributed by atoms with Gasteiger partial charge in [0.2, 0.25) is 5.91 Å². The fraction of sp³-hybridized carbons (Fsp3) is 0.308. The molecule has 0 aromatic heterocycles. The van der Waals surface area contributed by atoms with E-state index in [0.29, 0.717) is 0 Å². The van der Waals surface area contributed by atoms with Gasteiger partial charge in [0.05, 0.1) is 6.54 Å². The quantitative estimate of drug-likeness (QED) is 0.574. The van der Waals surface area contributed by atoms with Gasteiger partial charge in [0, 0.05) is 13.5 Å². The number of carbonyl (C=O) groups is 3. The van der Waals surface area contributed by atoms with Crippen molar-refractivity contribution in [3.8, 4) is 0 Å². The van der Waals surface area contributed by atoms with Gasteiger partial charge in [0.25, 0.3) is 0 Å². The molecule has 0 fully saturated rings. The Bertz CT molecular complexity index is 476. The van der Waals surface area contributed by atoms with Crippen molar-refractivity contribution in [2.45, 2.75) is 12.5 Å². The van der Waals surface area contributed by atoms with E-state index in [0.717, 1.165) is 5.56 Å². The number of aliphatic carboxylic acids is 1.